The van der Waals surface area contributed by atoms with Crippen molar-refractivity contribution in [1.82, 2.24) is 0 Å². The third-order valence-corrected chi connectivity index (χ3v) is 6.19. The largest absolute Gasteiger partial charge is 0.462 e. The average Bonchev–Trinajstić information content (AvgIpc) is 2.64. The van der Waals surface area contributed by atoms with Crippen LogP contribution in [0.15, 0.2) is 22.7 Å². The topological polar surface area (TPSA) is 80.3 Å². The van der Waals surface area contributed by atoms with E-state index in [1.165, 1.54) is 0 Å². The van der Waals surface area contributed by atoms with Crippen molar-refractivity contribution in [1.29, 1.82) is 0 Å². The molecule has 0 radical (unpaired) electrons. The van der Waals surface area contributed by atoms with Gasteiger partial charge in [0.05, 0.1) is 13.2 Å². The third-order valence-electron chi connectivity index (χ3n) is 6.19. The van der Waals surface area contributed by atoms with Crippen molar-refractivity contribution in [2.75, 3.05) is 13.2 Å². The van der Waals surface area contributed by atoms with Gasteiger partial charge in [-0.15, -0.1) is 0 Å². The van der Waals surface area contributed by atoms with Crippen molar-refractivity contribution in [2.24, 2.45) is 21.7 Å². The molecule has 0 saturated carbocycles. The van der Waals surface area contributed by atoms with Crippen LogP contribution < -0.4 is 0 Å². The maximum absolute atomic E-state index is 13.6. The second-order valence-corrected chi connectivity index (χ2v) is 13.4. The lowest BCUT2D eigenvalue weighted by atomic mass is 9.69. The van der Waals surface area contributed by atoms with Crippen molar-refractivity contribution in [3.8, 4) is 0 Å². The fourth-order valence-corrected chi connectivity index (χ4v) is 4.42. The molecule has 7 nitrogen and oxygen atoms in total. The van der Waals surface area contributed by atoms with E-state index >= 15 is 0 Å². The van der Waals surface area contributed by atoms with E-state index in [1.807, 2.05) is 83.1 Å². The Morgan fingerprint density at radius 2 is 0.914 bits per heavy atom. The van der Waals surface area contributed by atoms with Gasteiger partial charge in [0, 0.05) is 21.7 Å². The normalized spacial score (nSPS) is 25.7. The molecule has 0 saturated heterocycles. The molecule has 0 spiro atoms. The molecule has 2 aliphatic heterocycles. The predicted octanol–water partition coefficient (Wildman–Crippen LogP) is 6.27. The molecule has 0 amide bonds. The monoisotopic (exact) mass is 494 g/mol. The van der Waals surface area contributed by atoms with Crippen LogP contribution in [0, 0.1) is 21.7 Å². The second kappa shape index (κ2) is 8.82. The highest BCUT2D eigenvalue weighted by molar-refractivity contribution is 5.94. The van der Waals surface area contributed by atoms with Gasteiger partial charge in [-0.05, 0) is 13.8 Å². The molecule has 0 aliphatic carbocycles. The molecular formula is C28H46O7. The van der Waals surface area contributed by atoms with Crippen molar-refractivity contribution >= 4 is 11.9 Å². The van der Waals surface area contributed by atoms with Crippen LogP contribution in [0.3, 0.4) is 0 Å². The van der Waals surface area contributed by atoms with Crippen LogP contribution >= 0.6 is 0 Å². The zero-order valence-electron chi connectivity index (χ0n) is 24.3. The number of fused-ring (bicyclic) bond motifs is 2. The Hall–Kier alpha value is -2.02. The minimum absolute atomic E-state index is 0.181. The summed E-state index contributed by atoms with van der Waals surface area (Å²) in [5.74, 6) is -3.56. The summed E-state index contributed by atoms with van der Waals surface area (Å²) >= 11 is 0. The summed E-state index contributed by atoms with van der Waals surface area (Å²) in [6.45, 7) is 27.3. The Labute approximate surface area is 211 Å². The Morgan fingerprint density at radius 3 is 1.11 bits per heavy atom. The summed E-state index contributed by atoms with van der Waals surface area (Å²) in [5, 5.41) is 0. The van der Waals surface area contributed by atoms with Crippen LogP contribution in [-0.4, -0.2) is 36.7 Å². The van der Waals surface area contributed by atoms with E-state index in [2.05, 4.69) is 0 Å². The Balaban J connectivity index is 3.20. The number of ether oxygens (including phenoxy) is 5. The number of carbonyl (C=O) groups is 2. The lowest BCUT2D eigenvalue weighted by molar-refractivity contribution is -0.404. The van der Waals surface area contributed by atoms with Crippen molar-refractivity contribution in [2.45, 2.75) is 109 Å². The van der Waals surface area contributed by atoms with Gasteiger partial charge in [-0.1, -0.05) is 83.1 Å². The Kier molecular flexibility index (Phi) is 7.36. The van der Waals surface area contributed by atoms with E-state index in [0.717, 1.165) is 0 Å². The fourth-order valence-electron chi connectivity index (χ4n) is 4.42. The van der Waals surface area contributed by atoms with E-state index in [4.69, 9.17) is 23.7 Å². The van der Waals surface area contributed by atoms with E-state index in [9.17, 15) is 9.59 Å². The van der Waals surface area contributed by atoms with Gasteiger partial charge in [0.15, 0.2) is 0 Å². The van der Waals surface area contributed by atoms with Gasteiger partial charge in [0.2, 0.25) is 0 Å². The molecule has 2 bridgehead atoms. The van der Waals surface area contributed by atoms with Gasteiger partial charge in [-0.3, -0.25) is 4.74 Å². The first-order chi connectivity index (χ1) is 15.6. The number of rotatable bonds is 4. The maximum Gasteiger partial charge on any atom is 0.344 e. The highest BCUT2D eigenvalue weighted by Crippen LogP contribution is 2.63. The Morgan fingerprint density at radius 1 is 0.629 bits per heavy atom. The first kappa shape index (κ1) is 29.2. The molecule has 0 unspecified atom stereocenters. The predicted molar refractivity (Wildman–Crippen MR) is 134 cm³/mol. The van der Waals surface area contributed by atoms with E-state index < -0.39 is 45.2 Å². The van der Waals surface area contributed by atoms with Crippen molar-refractivity contribution in [3.05, 3.63) is 22.7 Å². The van der Waals surface area contributed by atoms with Crippen LogP contribution in [0.25, 0.3) is 0 Å². The molecule has 2 heterocycles. The van der Waals surface area contributed by atoms with Crippen LogP contribution in [0.5, 0.6) is 0 Å². The van der Waals surface area contributed by atoms with Gasteiger partial charge >= 0.3 is 11.9 Å². The highest BCUT2D eigenvalue weighted by atomic mass is 16.8. The summed E-state index contributed by atoms with van der Waals surface area (Å²) in [5.41, 5.74) is -2.43. The first-order valence-corrected chi connectivity index (χ1v) is 12.5. The summed E-state index contributed by atoms with van der Waals surface area (Å²) < 4.78 is 31.5. The van der Waals surface area contributed by atoms with E-state index in [-0.39, 0.29) is 24.4 Å². The Bertz CT molecular complexity index is 852. The molecule has 0 fully saturated rings. The van der Waals surface area contributed by atoms with Crippen molar-refractivity contribution in [3.63, 3.8) is 0 Å². The number of hydrogen-bond acceptors (Lipinski definition) is 7. The summed E-state index contributed by atoms with van der Waals surface area (Å²) in [6.07, 6.45) is 0. The minimum Gasteiger partial charge on any atom is -0.462 e. The van der Waals surface area contributed by atoms with E-state index in [1.54, 1.807) is 13.8 Å². The molecule has 0 aromatic rings. The number of hydrogen-bond donors (Lipinski definition) is 0. The van der Waals surface area contributed by atoms with Gasteiger partial charge in [0.25, 0.3) is 11.6 Å². The standard InChI is InChI=1S/C28H46O7/c1-15-31-21(29)17-19(23(3,4)5)33-28(26(12,13)14)18(22(30)32-16-2)20(24(6,7)8)34-27(17,35-28)25(9,10)11/h15-16H2,1-14H3/t27-,28-/m0/s1. The van der Waals surface area contributed by atoms with Gasteiger partial charge in [0.1, 0.15) is 22.7 Å². The minimum atomic E-state index is -1.59. The molecule has 0 aromatic carbocycles. The average molecular weight is 495 g/mol. The lowest BCUT2D eigenvalue weighted by Gasteiger charge is -2.61. The van der Waals surface area contributed by atoms with Crippen LogP contribution in [0.1, 0.15) is 96.9 Å². The number of allylic oxidation sites excluding steroid dienone is 2. The summed E-state index contributed by atoms with van der Waals surface area (Å²) in [4.78, 5) is 27.2. The SMILES string of the molecule is CCOC(=O)C1=C(C(C)(C)C)O[C@]2(C(C)(C)C)O[C@@]1(C(C)(C)C)OC(C(C)(C)C)=C2C(=O)OCC. The van der Waals surface area contributed by atoms with E-state index in [0.29, 0.717) is 11.5 Å². The molecule has 7 heteroatoms. The lowest BCUT2D eigenvalue weighted by Crippen LogP contribution is -2.69. The molecule has 0 N–H and O–H groups in total. The molecule has 2 aliphatic rings. The smallest absolute Gasteiger partial charge is 0.344 e. The quantitative estimate of drug-likeness (QED) is 0.426. The molecule has 35 heavy (non-hydrogen) atoms. The van der Waals surface area contributed by atoms with Crippen LogP contribution in [0.2, 0.25) is 0 Å². The third kappa shape index (κ3) is 4.73. The first-order valence-electron chi connectivity index (χ1n) is 12.5. The summed E-state index contributed by atoms with van der Waals surface area (Å²) in [7, 11) is 0. The number of esters is 2. The maximum atomic E-state index is 13.6. The summed E-state index contributed by atoms with van der Waals surface area (Å²) in [6, 6.07) is 0. The van der Waals surface area contributed by atoms with Gasteiger partial charge < -0.3 is 18.9 Å². The number of carbonyl (C=O) groups excluding carboxylic acids is 2. The van der Waals surface area contributed by atoms with Crippen LogP contribution in [0.4, 0.5) is 0 Å². The fraction of sp³-hybridized carbons (Fsp3) is 0.786. The second-order valence-electron chi connectivity index (χ2n) is 13.4. The highest BCUT2D eigenvalue weighted by Gasteiger charge is 2.72. The zero-order chi connectivity index (χ0) is 27.4. The molecule has 200 valence electrons. The molecule has 0 aromatic heterocycles. The van der Waals surface area contributed by atoms with Gasteiger partial charge in [-0.2, -0.15) is 0 Å². The molecular weight excluding hydrogens is 448 g/mol. The molecule has 2 atom stereocenters. The van der Waals surface area contributed by atoms with Gasteiger partial charge in [-0.25, -0.2) is 9.59 Å². The van der Waals surface area contributed by atoms with Crippen molar-refractivity contribution < 1.29 is 33.3 Å². The van der Waals surface area contributed by atoms with Crippen LogP contribution in [-0.2, 0) is 33.3 Å². The molecule has 2 rings (SSSR count). The zero-order valence-corrected chi connectivity index (χ0v) is 24.3.